The van der Waals surface area contributed by atoms with Crippen molar-refractivity contribution in [2.75, 3.05) is 19.6 Å². The number of anilines is 1. The van der Waals surface area contributed by atoms with E-state index >= 15 is 0 Å². The number of amides is 1. The molecule has 3 aromatic carbocycles. The zero-order valence-electron chi connectivity index (χ0n) is 16.7. The van der Waals surface area contributed by atoms with Gasteiger partial charge in [0.1, 0.15) is 11.5 Å². The van der Waals surface area contributed by atoms with E-state index in [0.29, 0.717) is 11.3 Å². The number of ether oxygens (including phenoxy) is 2. The van der Waals surface area contributed by atoms with E-state index in [4.69, 9.17) is 9.47 Å². The third-order valence-corrected chi connectivity index (χ3v) is 4.14. The third kappa shape index (κ3) is 5.93. The predicted octanol–water partition coefficient (Wildman–Crippen LogP) is 3.91. The first-order valence-electron chi connectivity index (χ1n) is 9.18. The predicted molar refractivity (Wildman–Crippen MR) is 119 cm³/mol. The van der Waals surface area contributed by atoms with Crippen LogP contribution in [0.2, 0.25) is 0 Å². The zero-order chi connectivity index (χ0) is 21.2. The van der Waals surface area contributed by atoms with E-state index in [1.54, 1.807) is 44.8 Å². The molecule has 7 heteroatoms. The minimum absolute atomic E-state index is 0.317. The molecule has 0 aliphatic rings. The van der Waals surface area contributed by atoms with Crippen molar-refractivity contribution in [2.24, 2.45) is 10.2 Å². The van der Waals surface area contributed by atoms with Crippen molar-refractivity contribution in [3.63, 3.8) is 0 Å². The summed E-state index contributed by atoms with van der Waals surface area (Å²) in [4.78, 5) is 12.3. The quantitative estimate of drug-likeness (QED) is 0.442. The number of methoxy groups -OCH3 is 2. The lowest BCUT2D eigenvalue weighted by Crippen LogP contribution is -2.17. The molecule has 2 N–H and O–H groups in total. The number of nitrogens with one attached hydrogen (secondary N) is 2. The highest BCUT2D eigenvalue weighted by Gasteiger charge is 2.04. The molecule has 0 aromatic heterocycles. The van der Waals surface area contributed by atoms with Crippen LogP contribution in [0.3, 0.4) is 0 Å². The van der Waals surface area contributed by atoms with Gasteiger partial charge in [-0.1, -0.05) is 6.07 Å². The van der Waals surface area contributed by atoms with E-state index in [0.717, 1.165) is 22.6 Å². The van der Waals surface area contributed by atoms with E-state index in [1.165, 1.54) is 0 Å². The van der Waals surface area contributed by atoms with E-state index in [-0.39, 0.29) is 5.91 Å². The highest BCUT2D eigenvalue weighted by molar-refractivity contribution is 5.95. The highest BCUT2D eigenvalue weighted by atomic mass is 16.5. The summed E-state index contributed by atoms with van der Waals surface area (Å²) in [6.07, 6.45) is 3.25. The number of nitrogens with zero attached hydrogens (tertiary/aromatic N) is 2. The van der Waals surface area contributed by atoms with Gasteiger partial charge < -0.3 is 9.47 Å². The maximum absolute atomic E-state index is 12.3. The van der Waals surface area contributed by atoms with Gasteiger partial charge in [0.25, 0.3) is 5.91 Å². The number of hydrazone groups is 2. The Kier molecular flexibility index (Phi) is 7.16. The summed E-state index contributed by atoms with van der Waals surface area (Å²) in [5, 5.41) is 8.19. The van der Waals surface area contributed by atoms with Gasteiger partial charge in [0, 0.05) is 5.56 Å². The Morgan fingerprint density at radius 2 is 1.37 bits per heavy atom. The summed E-state index contributed by atoms with van der Waals surface area (Å²) in [5.74, 6) is 1.23. The van der Waals surface area contributed by atoms with Crippen LogP contribution in [0.1, 0.15) is 21.5 Å². The van der Waals surface area contributed by atoms with Crippen molar-refractivity contribution in [3.05, 3.63) is 89.5 Å². The molecule has 1 amide bonds. The van der Waals surface area contributed by atoms with Crippen molar-refractivity contribution in [1.29, 1.82) is 0 Å². The third-order valence-electron chi connectivity index (χ3n) is 4.14. The molecular weight excluding hydrogens is 380 g/mol. The first kappa shape index (κ1) is 20.6. The van der Waals surface area contributed by atoms with Crippen molar-refractivity contribution in [1.82, 2.24) is 5.43 Å². The SMILES string of the molecule is COc1ccc(/C=N\NC(=O)c2cccc(N/N=C\c3ccc(OC)cc3)c2)cc1. The molecule has 0 saturated heterocycles. The van der Waals surface area contributed by atoms with Gasteiger partial charge >= 0.3 is 0 Å². The molecule has 0 saturated carbocycles. The molecule has 0 heterocycles. The van der Waals surface area contributed by atoms with Gasteiger partial charge in [0.2, 0.25) is 0 Å². The Labute approximate surface area is 175 Å². The molecule has 30 heavy (non-hydrogen) atoms. The first-order chi connectivity index (χ1) is 14.7. The molecule has 152 valence electrons. The van der Waals surface area contributed by atoms with Crippen LogP contribution in [0.15, 0.2) is 83.0 Å². The summed E-state index contributed by atoms with van der Waals surface area (Å²) < 4.78 is 10.2. The summed E-state index contributed by atoms with van der Waals surface area (Å²) >= 11 is 0. The second-order valence-electron chi connectivity index (χ2n) is 6.20. The van der Waals surface area contributed by atoms with Gasteiger partial charge in [-0.05, 0) is 77.9 Å². The molecule has 0 radical (unpaired) electrons. The number of hydrogen-bond donors (Lipinski definition) is 2. The molecule has 0 bridgehead atoms. The monoisotopic (exact) mass is 402 g/mol. The topological polar surface area (TPSA) is 84.3 Å². The van der Waals surface area contributed by atoms with Gasteiger partial charge in [-0.3, -0.25) is 10.2 Å². The standard InChI is InChI=1S/C23H22N4O3/c1-29-21-10-6-17(7-11-21)15-24-26-20-5-3-4-19(14-20)23(28)27-25-16-18-8-12-22(30-2)13-9-18/h3-16,26H,1-2H3,(H,27,28)/b24-15-,25-16-. The normalized spacial score (nSPS) is 10.9. The lowest BCUT2D eigenvalue weighted by molar-refractivity contribution is 0.0955. The van der Waals surface area contributed by atoms with E-state index in [9.17, 15) is 4.79 Å². The number of hydrogen-bond acceptors (Lipinski definition) is 6. The Balaban J connectivity index is 1.56. The minimum Gasteiger partial charge on any atom is -0.497 e. The Morgan fingerprint density at radius 1 is 0.800 bits per heavy atom. The van der Waals surface area contributed by atoms with Crippen LogP contribution >= 0.6 is 0 Å². The largest absolute Gasteiger partial charge is 0.497 e. The fourth-order valence-corrected chi connectivity index (χ4v) is 2.52. The van der Waals surface area contributed by atoms with Crippen LogP contribution in [0.25, 0.3) is 0 Å². The number of carbonyl (C=O) groups excluding carboxylic acids is 1. The van der Waals surface area contributed by atoms with Crippen LogP contribution < -0.4 is 20.3 Å². The van der Waals surface area contributed by atoms with Gasteiger partial charge in [0.15, 0.2) is 0 Å². The average molecular weight is 402 g/mol. The molecular formula is C23H22N4O3. The van der Waals surface area contributed by atoms with Crippen LogP contribution in [0.4, 0.5) is 5.69 Å². The molecule has 0 fully saturated rings. The molecule has 0 aliphatic heterocycles. The molecule has 3 rings (SSSR count). The van der Waals surface area contributed by atoms with Gasteiger partial charge in [-0.15, -0.1) is 0 Å². The van der Waals surface area contributed by atoms with Crippen molar-refractivity contribution < 1.29 is 14.3 Å². The second kappa shape index (κ2) is 10.4. The first-order valence-corrected chi connectivity index (χ1v) is 9.18. The fraction of sp³-hybridized carbons (Fsp3) is 0.0870. The molecule has 0 atom stereocenters. The molecule has 7 nitrogen and oxygen atoms in total. The Hall–Kier alpha value is -4.13. The highest BCUT2D eigenvalue weighted by Crippen LogP contribution is 2.12. The van der Waals surface area contributed by atoms with Gasteiger partial charge in [-0.25, -0.2) is 5.43 Å². The van der Waals surface area contributed by atoms with Crippen molar-refractivity contribution >= 4 is 24.0 Å². The summed E-state index contributed by atoms with van der Waals surface area (Å²) in [6.45, 7) is 0. The number of benzene rings is 3. The van der Waals surface area contributed by atoms with Crippen LogP contribution in [-0.4, -0.2) is 32.6 Å². The molecule has 0 unspecified atom stereocenters. The molecule has 3 aromatic rings. The Morgan fingerprint density at radius 3 is 1.93 bits per heavy atom. The molecule has 0 aliphatic carbocycles. The lowest BCUT2D eigenvalue weighted by Gasteiger charge is -2.04. The minimum atomic E-state index is -0.317. The maximum Gasteiger partial charge on any atom is 0.271 e. The lowest BCUT2D eigenvalue weighted by atomic mass is 10.2. The number of rotatable bonds is 8. The smallest absolute Gasteiger partial charge is 0.271 e. The number of carbonyl (C=O) groups is 1. The van der Waals surface area contributed by atoms with Crippen LogP contribution in [0, 0.1) is 0 Å². The molecule has 0 spiro atoms. The van der Waals surface area contributed by atoms with Crippen LogP contribution in [0.5, 0.6) is 11.5 Å². The second-order valence-corrected chi connectivity index (χ2v) is 6.20. The fourth-order valence-electron chi connectivity index (χ4n) is 2.52. The summed E-state index contributed by atoms with van der Waals surface area (Å²) in [5.41, 5.74) is 8.35. The summed E-state index contributed by atoms with van der Waals surface area (Å²) in [6, 6.07) is 21.9. The average Bonchev–Trinajstić information content (AvgIpc) is 2.80. The van der Waals surface area contributed by atoms with E-state index < -0.39 is 0 Å². The zero-order valence-corrected chi connectivity index (χ0v) is 16.7. The van der Waals surface area contributed by atoms with Crippen molar-refractivity contribution in [3.8, 4) is 11.5 Å². The van der Waals surface area contributed by atoms with Crippen LogP contribution in [-0.2, 0) is 0 Å². The Bertz CT molecular complexity index is 1030. The van der Waals surface area contributed by atoms with Gasteiger partial charge in [0.05, 0.1) is 32.3 Å². The van der Waals surface area contributed by atoms with E-state index in [1.807, 2.05) is 54.6 Å². The van der Waals surface area contributed by atoms with E-state index in [2.05, 4.69) is 21.1 Å². The van der Waals surface area contributed by atoms with Gasteiger partial charge in [-0.2, -0.15) is 10.2 Å². The van der Waals surface area contributed by atoms with Crippen molar-refractivity contribution in [2.45, 2.75) is 0 Å². The maximum atomic E-state index is 12.3. The summed E-state index contributed by atoms with van der Waals surface area (Å²) in [7, 11) is 3.23.